The first kappa shape index (κ1) is 70.2. The van der Waals surface area contributed by atoms with Gasteiger partial charge in [-0.3, -0.25) is 0 Å². The lowest BCUT2D eigenvalue weighted by Gasteiger charge is -2.14. The van der Waals surface area contributed by atoms with Gasteiger partial charge in [0, 0.05) is 48.7 Å². The highest BCUT2D eigenvalue weighted by atomic mass is 16.5. The number of rotatable bonds is 6. The number of phenols is 6. The van der Waals surface area contributed by atoms with Gasteiger partial charge >= 0.3 is 0 Å². The average molecular weight is 1490 g/mol. The molecule has 0 bridgehead atoms. The van der Waals surface area contributed by atoms with Crippen LogP contribution >= 0.6 is 0 Å². The molecule has 0 saturated heterocycles. The van der Waals surface area contributed by atoms with Crippen molar-refractivity contribution in [3.8, 4) is 46.0 Å². The van der Waals surface area contributed by atoms with Crippen LogP contribution in [0.1, 0.15) is 22.3 Å². The summed E-state index contributed by atoms with van der Waals surface area (Å²) in [5.41, 5.74) is 3.17. The van der Waals surface area contributed by atoms with Gasteiger partial charge in [0.1, 0.15) is 34.5 Å². The zero-order valence-corrected chi connectivity index (χ0v) is 61.8. The van der Waals surface area contributed by atoms with E-state index in [0.717, 1.165) is 173 Å². The Morgan fingerprint density at radius 1 is 0.211 bits per heavy atom. The first-order valence-electron chi connectivity index (χ1n) is 37.6. The molecule has 0 unspecified atom stereocenters. The van der Waals surface area contributed by atoms with Gasteiger partial charge in [-0.15, -0.1) is 0 Å². The number of benzene rings is 24. The Bertz CT molecular complexity index is 7780. The van der Waals surface area contributed by atoms with E-state index >= 15 is 0 Å². The lowest BCUT2D eigenvalue weighted by Crippen LogP contribution is -1.91. The van der Waals surface area contributed by atoms with Crippen molar-refractivity contribution in [2.24, 2.45) is 0 Å². The first-order chi connectivity index (χ1) is 55.7. The Balaban J connectivity index is 0.0000000917. The van der Waals surface area contributed by atoms with E-state index in [1.54, 1.807) is 50.6 Å². The van der Waals surface area contributed by atoms with E-state index in [4.69, 9.17) is 9.47 Å². The van der Waals surface area contributed by atoms with Gasteiger partial charge in [0.25, 0.3) is 0 Å². The highest BCUT2D eigenvalue weighted by Crippen LogP contribution is 2.48. The smallest absolute Gasteiger partial charge is 0.165 e. The third-order valence-corrected chi connectivity index (χ3v) is 23.1. The fraction of sp³-hybridized carbons (Fsp3) is 0.0588. The van der Waals surface area contributed by atoms with Crippen molar-refractivity contribution in [3.63, 3.8) is 0 Å². The molecule has 114 heavy (non-hydrogen) atoms. The summed E-state index contributed by atoms with van der Waals surface area (Å²) >= 11 is 0. The normalized spacial score (nSPS) is 11.8. The second kappa shape index (κ2) is 28.0. The molecule has 0 fully saturated rings. The number of aromatic hydroxyl groups is 6. The largest absolute Gasteiger partial charge is 0.508 e. The summed E-state index contributed by atoms with van der Waals surface area (Å²) in [5.74, 6) is 2.86. The van der Waals surface area contributed by atoms with Crippen molar-refractivity contribution >= 4 is 194 Å². The summed E-state index contributed by atoms with van der Waals surface area (Å²) in [4.78, 5) is 0. The summed E-state index contributed by atoms with van der Waals surface area (Å²) in [6.45, 7) is -0.208. The molecule has 0 atom stereocenters. The maximum absolute atomic E-state index is 10.3. The lowest BCUT2D eigenvalue weighted by molar-refractivity contribution is 0.277. The second-order valence-electron chi connectivity index (χ2n) is 29.2. The number of ether oxygens (including phenoxy) is 2. The van der Waals surface area contributed by atoms with Crippen LogP contribution in [0.15, 0.2) is 291 Å². The molecule has 0 saturated carbocycles. The molecule has 0 heterocycles. The molecule has 0 aliphatic rings. The zero-order chi connectivity index (χ0) is 77.9. The third-order valence-electron chi connectivity index (χ3n) is 23.1. The predicted molar refractivity (Wildman–Crippen MR) is 468 cm³/mol. The molecule has 12 nitrogen and oxygen atoms in total. The van der Waals surface area contributed by atoms with E-state index in [1.165, 1.54) is 43.1 Å². The molecule has 24 rings (SSSR count). The van der Waals surface area contributed by atoms with Crippen molar-refractivity contribution in [3.05, 3.63) is 313 Å². The van der Waals surface area contributed by atoms with Gasteiger partial charge in [-0.05, 0) is 240 Å². The number of methoxy groups -OCH3 is 2. The van der Waals surface area contributed by atoms with Crippen LogP contribution in [0.2, 0.25) is 0 Å². The third kappa shape index (κ3) is 11.4. The van der Waals surface area contributed by atoms with Crippen LogP contribution in [0, 0.1) is 0 Å². The van der Waals surface area contributed by atoms with E-state index in [2.05, 4.69) is 103 Å². The van der Waals surface area contributed by atoms with Gasteiger partial charge in [0.15, 0.2) is 11.5 Å². The Labute approximate surface area is 650 Å². The van der Waals surface area contributed by atoms with Gasteiger partial charge < -0.3 is 60.5 Å². The number of phenolic OH excluding ortho intramolecular Hbond substituents is 5. The van der Waals surface area contributed by atoms with E-state index in [0.29, 0.717) is 17.1 Å². The quantitative estimate of drug-likeness (QED) is 0.0703. The summed E-state index contributed by atoms with van der Waals surface area (Å²) in [6, 6.07) is 95.7. The molecule has 24 aromatic carbocycles. The minimum absolute atomic E-state index is 0.0245. The average Bonchev–Trinajstić information content (AvgIpc) is 0.760. The van der Waals surface area contributed by atoms with Gasteiger partial charge in [0.2, 0.25) is 0 Å². The Hall–Kier alpha value is -14.2. The summed E-state index contributed by atoms with van der Waals surface area (Å²) < 4.78 is 10.6. The molecular formula is C102H72O12. The number of hydrogen-bond donors (Lipinski definition) is 10. The van der Waals surface area contributed by atoms with Crippen LogP contribution in [-0.4, -0.2) is 65.3 Å². The Morgan fingerprint density at radius 2 is 0.553 bits per heavy atom. The highest BCUT2D eigenvalue weighted by molar-refractivity contribution is 6.30. The van der Waals surface area contributed by atoms with Gasteiger partial charge in [-0.2, -0.15) is 0 Å². The predicted octanol–water partition coefficient (Wildman–Crippen LogP) is 23.7. The molecule has 0 amide bonds. The van der Waals surface area contributed by atoms with Crippen LogP contribution in [0.3, 0.4) is 0 Å². The molecule has 0 aliphatic heterocycles. The molecule has 10 N–H and O–H groups in total. The molecule has 24 aromatic rings. The fourth-order valence-corrected chi connectivity index (χ4v) is 17.9. The molecule has 552 valence electrons. The van der Waals surface area contributed by atoms with E-state index in [-0.39, 0.29) is 55.2 Å². The molecule has 0 spiro atoms. The fourth-order valence-electron chi connectivity index (χ4n) is 17.9. The Morgan fingerprint density at radius 3 is 1.10 bits per heavy atom. The molecule has 0 aliphatic carbocycles. The highest BCUT2D eigenvalue weighted by Gasteiger charge is 2.21. The van der Waals surface area contributed by atoms with E-state index in [1.807, 2.05) is 152 Å². The van der Waals surface area contributed by atoms with Crippen molar-refractivity contribution < 1.29 is 60.5 Å². The number of aliphatic hydroxyl groups excluding tert-OH is 4. The lowest BCUT2D eigenvalue weighted by atomic mass is 9.91. The SMILES string of the molecule is COc1cc2ccc3ccc(O)c4ccc(c1)c2c34.COc1cc2ccc3cccc4ccc(c1O)c2c34.OCc1c(O)cc2ccc3cccc4ccc1c2c34.OCc1cc2c(O)ccc3ccc4cccc1c4c32.OCc1cc2cccc3ccc4ccc(O)c1c4c32.OCc1ccc2ccc3cc(O)cc4ccc1c2c34. The minimum Gasteiger partial charge on any atom is -0.508 e. The summed E-state index contributed by atoms with van der Waals surface area (Å²) in [5, 5.41) is 138. The maximum Gasteiger partial charge on any atom is 0.165 e. The van der Waals surface area contributed by atoms with Crippen molar-refractivity contribution in [1.82, 2.24) is 0 Å². The van der Waals surface area contributed by atoms with Crippen molar-refractivity contribution in [1.29, 1.82) is 0 Å². The topological polar surface area (TPSA) is 221 Å². The minimum atomic E-state index is -0.153. The summed E-state index contributed by atoms with van der Waals surface area (Å²) in [6.07, 6.45) is 0. The van der Waals surface area contributed by atoms with Crippen LogP contribution in [0.5, 0.6) is 46.0 Å². The van der Waals surface area contributed by atoms with Gasteiger partial charge in [-0.25, -0.2) is 0 Å². The monoisotopic (exact) mass is 1490 g/mol. The van der Waals surface area contributed by atoms with Crippen LogP contribution in [-0.2, 0) is 26.4 Å². The van der Waals surface area contributed by atoms with Crippen molar-refractivity contribution in [2.45, 2.75) is 26.4 Å². The molecule has 0 radical (unpaired) electrons. The second-order valence-corrected chi connectivity index (χ2v) is 29.2. The standard InChI is InChI=1S/6C17H12O2/c1-19-13-8-11-3-2-10-5-7-15(18)14-6-4-12(9-13)16(11)17(10)14;1-19-14-9-12-6-5-10-3-2-4-11-7-8-13(17(14)18)16(12)15(10)11;18-9-13-4-2-10-1-3-11-7-14(19)8-12-5-6-15(13)17(10)16(11)12;18-9-12-8-14-15(19)7-6-11-5-4-10-2-1-3-13(12)16(10)17(11)14;18-9-13-8-12-3-1-2-10-4-5-11-6-7-14(19)16(13)17(11)15(10)12;18-9-14-13-7-6-11-3-1-2-10-4-5-12(8-15(14)19)17(13)16(10)11/h2*2-9,18H,1H3;4*1-8,18-19H,9H2. The zero-order valence-electron chi connectivity index (χ0n) is 61.8. The Kier molecular flexibility index (Phi) is 17.2. The molecule has 12 heteroatoms. The molecule has 0 aromatic heterocycles. The van der Waals surface area contributed by atoms with E-state index in [9.17, 15) is 51.1 Å². The summed E-state index contributed by atoms with van der Waals surface area (Å²) in [7, 11) is 3.26. The van der Waals surface area contributed by atoms with Gasteiger partial charge in [-0.1, -0.05) is 218 Å². The maximum atomic E-state index is 10.3. The van der Waals surface area contributed by atoms with Gasteiger partial charge in [0.05, 0.1) is 40.6 Å². The van der Waals surface area contributed by atoms with Crippen LogP contribution in [0.25, 0.3) is 194 Å². The van der Waals surface area contributed by atoms with Crippen molar-refractivity contribution in [2.75, 3.05) is 14.2 Å². The van der Waals surface area contributed by atoms with Crippen LogP contribution < -0.4 is 9.47 Å². The van der Waals surface area contributed by atoms with Crippen LogP contribution in [0.4, 0.5) is 0 Å². The van der Waals surface area contributed by atoms with E-state index < -0.39 is 0 Å². The number of aliphatic hydroxyl groups is 4. The molecular weight excluding hydrogens is 1420 g/mol. The number of hydrogen-bond acceptors (Lipinski definition) is 12. The first-order valence-corrected chi connectivity index (χ1v) is 37.6.